The molecule has 1 fully saturated rings. The van der Waals surface area contributed by atoms with Crippen LogP contribution < -0.4 is 11.2 Å². The van der Waals surface area contributed by atoms with Gasteiger partial charge in [0.05, 0.1) is 24.2 Å². The Morgan fingerprint density at radius 1 is 1.07 bits per heavy atom. The smallest absolute Gasteiger partial charge is 0.379 e. The topological polar surface area (TPSA) is 110 Å². The number of alkyl halides is 3. The number of hydrogen-bond donors (Lipinski definition) is 2. The second-order valence-electron chi connectivity index (χ2n) is 9.77. The second-order valence-corrected chi connectivity index (χ2v) is 9.77. The van der Waals surface area contributed by atoms with Crippen molar-refractivity contribution in [1.29, 1.82) is 0 Å². The van der Waals surface area contributed by atoms with Gasteiger partial charge in [-0.05, 0) is 44.6 Å². The lowest BCUT2D eigenvalue weighted by Crippen LogP contribution is -2.40. The van der Waals surface area contributed by atoms with E-state index in [1.165, 1.54) is 12.1 Å². The number of rotatable bonds is 10. The highest BCUT2D eigenvalue weighted by Crippen LogP contribution is 2.36. The summed E-state index contributed by atoms with van der Waals surface area (Å²) in [6, 6.07) is 10.6. The summed E-state index contributed by atoms with van der Waals surface area (Å²) in [5.74, 6) is 6.65. The van der Waals surface area contributed by atoms with E-state index >= 15 is 0 Å². The Morgan fingerprint density at radius 2 is 1.88 bits per heavy atom. The molecule has 0 spiro atoms. The zero-order valence-electron chi connectivity index (χ0n) is 22.2. The highest BCUT2D eigenvalue weighted by Gasteiger charge is 2.34. The zero-order valence-corrected chi connectivity index (χ0v) is 22.2. The average Bonchev–Trinajstić information content (AvgIpc) is 3.27. The molecular formula is C27H32F3N9O. The molecule has 0 radical (unpaired) electrons. The first kappa shape index (κ1) is 27.7. The number of morpholine rings is 1. The molecular weight excluding hydrogens is 523 g/mol. The summed E-state index contributed by atoms with van der Waals surface area (Å²) < 4.78 is 46.9. The SMILES string of the molecule is CN(CCCc1cc(Nc2nn(N)c3ncccc23)nc(-c2ccccc2C(F)(F)F)n1)CCN1CCOCC1. The zero-order chi connectivity index (χ0) is 28.1. The van der Waals surface area contributed by atoms with Gasteiger partial charge in [-0.25, -0.2) is 15.0 Å². The molecule has 40 heavy (non-hydrogen) atoms. The molecule has 212 valence electrons. The van der Waals surface area contributed by atoms with Crippen molar-refractivity contribution in [2.24, 2.45) is 0 Å². The number of nitrogens with two attached hydrogens (primary N) is 1. The maximum absolute atomic E-state index is 13.8. The number of nitrogens with one attached hydrogen (secondary N) is 1. The monoisotopic (exact) mass is 555 g/mol. The van der Waals surface area contributed by atoms with Crippen LogP contribution in [-0.4, -0.2) is 87.6 Å². The van der Waals surface area contributed by atoms with Crippen molar-refractivity contribution in [2.45, 2.75) is 19.0 Å². The molecule has 0 atom stereocenters. The van der Waals surface area contributed by atoms with E-state index < -0.39 is 11.7 Å². The summed E-state index contributed by atoms with van der Waals surface area (Å²) >= 11 is 0. The third kappa shape index (κ3) is 6.66. The number of aryl methyl sites for hydroxylation is 1. The van der Waals surface area contributed by atoms with Gasteiger partial charge in [-0.3, -0.25) is 4.90 Å². The van der Waals surface area contributed by atoms with Gasteiger partial charge in [0.1, 0.15) is 5.82 Å². The predicted molar refractivity (Wildman–Crippen MR) is 147 cm³/mol. The Hall–Kier alpha value is -3.81. The van der Waals surface area contributed by atoms with Crippen LogP contribution in [0.15, 0.2) is 48.7 Å². The third-order valence-electron chi connectivity index (χ3n) is 6.84. The molecule has 0 bridgehead atoms. The van der Waals surface area contributed by atoms with Crippen LogP contribution in [0.4, 0.5) is 24.8 Å². The molecule has 4 heterocycles. The minimum absolute atomic E-state index is 0.0109. The van der Waals surface area contributed by atoms with Crippen LogP contribution in [0.2, 0.25) is 0 Å². The van der Waals surface area contributed by atoms with Crippen LogP contribution in [0.3, 0.4) is 0 Å². The number of nitrogen functional groups attached to an aromatic ring is 1. The van der Waals surface area contributed by atoms with Gasteiger partial charge < -0.3 is 20.8 Å². The minimum atomic E-state index is -4.55. The van der Waals surface area contributed by atoms with Crippen molar-refractivity contribution in [3.63, 3.8) is 0 Å². The number of aromatic nitrogens is 5. The van der Waals surface area contributed by atoms with Crippen molar-refractivity contribution >= 4 is 22.7 Å². The average molecular weight is 556 g/mol. The van der Waals surface area contributed by atoms with E-state index in [1.807, 2.05) is 0 Å². The second kappa shape index (κ2) is 12.1. The fraction of sp³-hybridized carbons (Fsp3) is 0.407. The molecule has 3 N–H and O–H groups in total. The number of benzene rings is 1. The van der Waals surface area contributed by atoms with Gasteiger partial charge >= 0.3 is 6.18 Å². The Balaban J connectivity index is 1.37. The summed E-state index contributed by atoms with van der Waals surface area (Å²) in [6.45, 7) is 6.14. The largest absolute Gasteiger partial charge is 0.417 e. The van der Waals surface area contributed by atoms with Crippen molar-refractivity contribution in [1.82, 2.24) is 34.6 Å². The molecule has 0 unspecified atom stereocenters. The first-order valence-corrected chi connectivity index (χ1v) is 13.2. The van der Waals surface area contributed by atoms with E-state index in [4.69, 9.17) is 10.6 Å². The number of anilines is 2. The molecule has 0 saturated carbocycles. The fourth-order valence-corrected chi connectivity index (χ4v) is 4.70. The van der Waals surface area contributed by atoms with Gasteiger partial charge in [-0.1, -0.05) is 18.2 Å². The molecule has 1 saturated heterocycles. The first-order valence-electron chi connectivity index (χ1n) is 13.2. The van der Waals surface area contributed by atoms with E-state index in [-0.39, 0.29) is 11.4 Å². The standard InChI is InChI=1S/C27H32F3N9O/c1-37(12-13-38-14-16-40-17-15-38)11-5-6-19-18-23(35-25-21-8-4-10-32-26(21)39(31)36-25)34-24(33-19)20-7-2-3-9-22(20)27(28,29)30/h2-4,7-10,18H,5-6,11-17,31H2,1H3,(H,33,34,35,36). The molecule has 1 aliphatic heterocycles. The molecule has 3 aromatic heterocycles. The summed E-state index contributed by atoms with van der Waals surface area (Å²) in [5, 5.41) is 8.06. The Morgan fingerprint density at radius 3 is 2.67 bits per heavy atom. The van der Waals surface area contributed by atoms with Crippen molar-refractivity contribution in [3.8, 4) is 11.4 Å². The van der Waals surface area contributed by atoms with Crippen molar-refractivity contribution < 1.29 is 17.9 Å². The highest BCUT2D eigenvalue weighted by atomic mass is 19.4. The molecule has 1 aliphatic rings. The molecule has 0 aliphatic carbocycles. The summed E-state index contributed by atoms with van der Waals surface area (Å²) in [4.78, 5) is 19.0. The lowest BCUT2D eigenvalue weighted by molar-refractivity contribution is -0.137. The molecule has 13 heteroatoms. The van der Waals surface area contributed by atoms with Gasteiger partial charge in [0.2, 0.25) is 0 Å². The van der Waals surface area contributed by atoms with Gasteiger partial charge in [-0.2, -0.15) is 18.0 Å². The lowest BCUT2D eigenvalue weighted by atomic mass is 10.1. The molecule has 5 rings (SSSR count). The third-order valence-corrected chi connectivity index (χ3v) is 6.84. The van der Waals surface area contributed by atoms with E-state index in [0.717, 1.165) is 63.2 Å². The van der Waals surface area contributed by atoms with Crippen LogP contribution in [0, 0.1) is 0 Å². The van der Waals surface area contributed by atoms with Crippen molar-refractivity contribution in [3.05, 3.63) is 59.9 Å². The first-order chi connectivity index (χ1) is 19.3. The van der Waals surface area contributed by atoms with E-state index in [0.29, 0.717) is 34.8 Å². The number of pyridine rings is 1. The molecule has 1 aromatic carbocycles. The number of ether oxygens (including phenoxy) is 1. The van der Waals surface area contributed by atoms with Gasteiger partial charge in [0.15, 0.2) is 17.3 Å². The van der Waals surface area contributed by atoms with Crippen LogP contribution in [0.25, 0.3) is 22.4 Å². The predicted octanol–water partition coefficient (Wildman–Crippen LogP) is 3.56. The maximum atomic E-state index is 13.8. The fourth-order valence-electron chi connectivity index (χ4n) is 4.70. The van der Waals surface area contributed by atoms with Crippen LogP contribution in [0.5, 0.6) is 0 Å². The quantitative estimate of drug-likeness (QED) is 0.284. The molecule has 0 amide bonds. The minimum Gasteiger partial charge on any atom is -0.379 e. The maximum Gasteiger partial charge on any atom is 0.417 e. The highest BCUT2D eigenvalue weighted by molar-refractivity contribution is 5.89. The Labute approximate surface area is 229 Å². The van der Waals surface area contributed by atoms with E-state index in [9.17, 15) is 13.2 Å². The van der Waals surface area contributed by atoms with Crippen molar-refractivity contribution in [2.75, 3.05) is 64.1 Å². The van der Waals surface area contributed by atoms with Crippen LogP contribution in [0.1, 0.15) is 17.7 Å². The van der Waals surface area contributed by atoms with Gasteiger partial charge in [0, 0.05) is 49.7 Å². The number of likely N-dealkylation sites (N-methyl/N-ethyl adjacent to an activating group) is 1. The number of hydrogen-bond acceptors (Lipinski definition) is 9. The number of halogens is 3. The van der Waals surface area contributed by atoms with Gasteiger partial charge in [0.25, 0.3) is 0 Å². The molecule has 10 nitrogen and oxygen atoms in total. The number of fused-ring (bicyclic) bond motifs is 1. The van der Waals surface area contributed by atoms with Gasteiger partial charge in [-0.15, -0.1) is 5.10 Å². The van der Waals surface area contributed by atoms with Crippen LogP contribution in [-0.2, 0) is 17.3 Å². The lowest BCUT2D eigenvalue weighted by Gasteiger charge is -2.28. The normalized spacial score (nSPS) is 14.7. The summed E-state index contributed by atoms with van der Waals surface area (Å²) in [6.07, 6.45) is -1.61. The van der Waals surface area contributed by atoms with Crippen LogP contribution >= 0.6 is 0 Å². The Bertz CT molecular complexity index is 1440. The van der Waals surface area contributed by atoms with E-state index in [1.54, 1.807) is 30.5 Å². The summed E-state index contributed by atoms with van der Waals surface area (Å²) in [5.41, 5.74) is 0.211. The van der Waals surface area contributed by atoms with E-state index in [2.05, 4.69) is 42.2 Å². The number of nitrogens with zero attached hydrogens (tertiary/aromatic N) is 7. The summed E-state index contributed by atoms with van der Waals surface area (Å²) in [7, 11) is 2.07. The Kier molecular flexibility index (Phi) is 8.43. The molecule has 4 aromatic rings.